The van der Waals surface area contributed by atoms with Crippen molar-refractivity contribution in [1.82, 2.24) is 0 Å². The van der Waals surface area contributed by atoms with Crippen LogP contribution in [0, 0.1) is 0 Å². The second kappa shape index (κ2) is 6.24. The number of carbonyl (C=O) groups excluding carboxylic acids is 1. The molecule has 0 spiro atoms. The van der Waals surface area contributed by atoms with Crippen LogP contribution in [0.4, 0.5) is 0 Å². The number of aliphatic hydroxyl groups excluding tert-OH is 1. The highest BCUT2D eigenvalue weighted by Crippen LogP contribution is 2.15. The maximum Gasteiger partial charge on any atom is 0.252 e. The highest BCUT2D eigenvalue weighted by atomic mass is 16.3. The molecule has 0 fully saturated rings. The minimum absolute atomic E-state index is 0.0356. The monoisotopic (exact) mass is 197 g/mol. The van der Waals surface area contributed by atoms with Gasteiger partial charge in [0, 0.05) is 0 Å². The van der Waals surface area contributed by atoms with Crippen molar-refractivity contribution in [2.24, 2.45) is 5.73 Å². The molecule has 0 saturated carbocycles. The van der Waals surface area contributed by atoms with Crippen LogP contribution >= 0.6 is 0 Å². The first-order valence-corrected chi connectivity index (χ1v) is 4.93. The van der Waals surface area contributed by atoms with Crippen LogP contribution in [0.25, 0.3) is 0 Å². The number of hydrogen-bond acceptors (Lipinski definition) is 2. The van der Waals surface area contributed by atoms with Gasteiger partial charge < -0.3 is 10.8 Å². The van der Waals surface area contributed by atoms with Gasteiger partial charge in [0.1, 0.15) is 5.76 Å². The van der Waals surface area contributed by atoms with Gasteiger partial charge in [-0.2, -0.15) is 0 Å². The van der Waals surface area contributed by atoms with Gasteiger partial charge >= 0.3 is 0 Å². The SMILES string of the molecule is CCC/C=C(C(N)=O)/C(O)=C(/C)CC. The summed E-state index contributed by atoms with van der Waals surface area (Å²) in [5.74, 6) is -0.530. The third-order valence-corrected chi connectivity index (χ3v) is 2.09. The number of rotatable bonds is 5. The maximum atomic E-state index is 11.0. The first kappa shape index (κ1) is 12.8. The number of nitrogens with two attached hydrogens (primary N) is 1. The van der Waals surface area contributed by atoms with Gasteiger partial charge in [0.15, 0.2) is 0 Å². The topological polar surface area (TPSA) is 63.3 Å². The average molecular weight is 197 g/mol. The predicted octanol–water partition coefficient (Wildman–Crippen LogP) is 2.44. The van der Waals surface area contributed by atoms with Crippen LogP contribution in [0.5, 0.6) is 0 Å². The smallest absolute Gasteiger partial charge is 0.252 e. The van der Waals surface area contributed by atoms with Crippen molar-refractivity contribution in [2.75, 3.05) is 0 Å². The van der Waals surface area contributed by atoms with E-state index in [4.69, 9.17) is 5.73 Å². The molecule has 1 amide bonds. The van der Waals surface area contributed by atoms with Gasteiger partial charge in [-0.1, -0.05) is 26.3 Å². The molecular weight excluding hydrogens is 178 g/mol. The Hall–Kier alpha value is -1.25. The van der Waals surface area contributed by atoms with E-state index in [1.54, 1.807) is 13.0 Å². The molecule has 0 radical (unpaired) electrons. The van der Waals surface area contributed by atoms with Crippen molar-refractivity contribution in [1.29, 1.82) is 0 Å². The summed E-state index contributed by atoms with van der Waals surface area (Å²) in [4.78, 5) is 11.0. The Bertz CT molecular complexity index is 264. The van der Waals surface area contributed by atoms with Crippen LogP contribution < -0.4 is 5.73 Å². The maximum absolute atomic E-state index is 11.0. The summed E-state index contributed by atoms with van der Waals surface area (Å²) >= 11 is 0. The lowest BCUT2D eigenvalue weighted by Gasteiger charge is -2.05. The Balaban J connectivity index is 4.93. The number of aliphatic hydroxyl groups is 1. The third-order valence-electron chi connectivity index (χ3n) is 2.09. The predicted molar refractivity (Wildman–Crippen MR) is 57.8 cm³/mol. The van der Waals surface area contributed by atoms with Crippen LogP contribution in [-0.2, 0) is 4.79 Å². The van der Waals surface area contributed by atoms with E-state index in [2.05, 4.69) is 0 Å². The summed E-state index contributed by atoms with van der Waals surface area (Å²) in [7, 11) is 0. The van der Waals surface area contributed by atoms with E-state index < -0.39 is 5.91 Å². The van der Waals surface area contributed by atoms with E-state index in [1.807, 2.05) is 13.8 Å². The number of amides is 1. The molecule has 0 aromatic heterocycles. The van der Waals surface area contributed by atoms with Gasteiger partial charge in [-0.15, -0.1) is 0 Å². The molecule has 0 aromatic carbocycles. The first-order chi connectivity index (χ1) is 6.54. The Morgan fingerprint density at radius 2 is 2.00 bits per heavy atom. The molecule has 0 bridgehead atoms. The average Bonchev–Trinajstić information content (AvgIpc) is 2.16. The molecule has 14 heavy (non-hydrogen) atoms. The summed E-state index contributed by atoms with van der Waals surface area (Å²) in [6.45, 7) is 5.71. The lowest BCUT2D eigenvalue weighted by Crippen LogP contribution is -2.16. The summed E-state index contributed by atoms with van der Waals surface area (Å²) in [5, 5.41) is 9.69. The van der Waals surface area contributed by atoms with E-state index in [-0.39, 0.29) is 11.3 Å². The van der Waals surface area contributed by atoms with E-state index in [1.165, 1.54) is 0 Å². The fourth-order valence-electron chi connectivity index (χ4n) is 1.000. The molecule has 3 nitrogen and oxygen atoms in total. The van der Waals surface area contributed by atoms with Crippen molar-refractivity contribution < 1.29 is 9.90 Å². The Labute approximate surface area is 85.3 Å². The molecule has 0 rings (SSSR count). The van der Waals surface area contributed by atoms with Gasteiger partial charge in [-0.05, 0) is 25.3 Å². The molecule has 0 heterocycles. The van der Waals surface area contributed by atoms with Gasteiger partial charge in [0.05, 0.1) is 5.57 Å². The van der Waals surface area contributed by atoms with E-state index in [0.717, 1.165) is 18.4 Å². The van der Waals surface area contributed by atoms with Gasteiger partial charge in [-0.25, -0.2) is 0 Å². The molecule has 0 aromatic rings. The quantitative estimate of drug-likeness (QED) is 0.404. The number of unbranched alkanes of at least 4 members (excludes halogenated alkanes) is 1. The van der Waals surface area contributed by atoms with Crippen molar-refractivity contribution in [2.45, 2.75) is 40.0 Å². The van der Waals surface area contributed by atoms with E-state index in [0.29, 0.717) is 6.42 Å². The molecule has 0 aliphatic rings. The van der Waals surface area contributed by atoms with Crippen LogP contribution in [-0.4, -0.2) is 11.0 Å². The molecule has 0 unspecified atom stereocenters. The Morgan fingerprint density at radius 1 is 1.43 bits per heavy atom. The fourth-order valence-corrected chi connectivity index (χ4v) is 1.000. The van der Waals surface area contributed by atoms with Crippen LogP contribution in [0.15, 0.2) is 23.0 Å². The Kier molecular flexibility index (Phi) is 5.68. The standard InChI is InChI=1S/C11H19NO2/c1-4-6-7-9(11(12)14)10(13)8(3)5-2/h7,13H,4-6H2,1-3H3,(H2,12,14)/b9-7-,10-8+. The van der Waals surface area contributed by atoms with Gasteiger partial charge in [0.2, 0.25) is 0 Å². The molecule has 0 saturated heterocycles. The second-order valence-electron chi connectivity index (χ2n) is 3.25. The van der Waals surface area contributed by atoms with Crippen LogP contribution in [0.3, 0.4) is 0 Å². The molecule has 0 atom stereocenters. The minimum Gasteiger partial charge on any atom is -0.507 e. The van der Waals surface area contributed by atoms with Crippen LogP contribution in [0.1, 0.15) is 40.0 Å². The first-order valence-electron chi connectivity index (χ1n) is 4.93. The molecule has 3 N–H and O–H groups in total. The molecule has 0 aliphatic carbocycles. The Morgan fingerprint density at radius 3 is 2.36 bits per heavy atom. The number of primary amides is 1. The second-order valence-corrected chi connectivity index (χ2v) is 3.25. The van der Waals surface area contributed by atoms with Crippen molar-refractivity contribution >= 4 is 5.91 Å². The zero-order chi connectivity index (χ0) is 11.1. The number of carbonyl (C=O) groups is 1. The normalized spacial score (nSPS) is 13.8. The largest absolute Gasteiger partial charge is 0.507 e. The summed E-state index contributed by atoms with van der Waals surface area (Å²) in [5.41, 5.74) is 6.19. The highest BCUT2D eigenvalue weighted by molar-refractivity contribution is 5.95. The molecule has 3 heteroatoms. The number of allylic oxidation sites excluding steroid dienone is 2. The molecule has 0 aliphatic heterocycles. The van der Waals surface area contributed by atoms with Crippen molar-refractivity contribution in [3.63, 3.8) is 0 Å². The van der Waals surface area contributed by atoms with Crippen molar-refractivity contribution in [3.05, 3.63) is 23.0 Å². The zero-order valence-corrected chi connectivity index (χ0v) is 9.13. The van der Waals surface area contributed by atoms with Gasteiger partial charge in [0.25, 0.3) is 5.91 Å². The third kappa shape index (κ3) is 3.64. The zero-order valence-electron chi connectivity index (χ0n) is 9.13. The van der Waals surface area contributed by atoms with Crippen LogP contribution in [0.2, 0.25) is 0 Å². The summed E-state index contributed by atoms with van der Waals surface area (Å²) in [6.07, 6.45) is 4.08. The van der Waals surface area contributed by atoms with Gasteiger partial charge in [-0.3, -0.25) is 4.79 Å². The minimum atomic E-state index is -0.566. The summed E-state index contributed by atoms with van der Waals surface area (Å²) in [6, 6.07) is 0. The van der Waals surface area contributed by atoms with E-state index >= 15 is 0 Å². The van der Waals surface area contributed by atoms with Crippen molar-refractivity contribution in [3.8, 4) is 0 Å². The highest BCUT2D eigenvalue weighted by Gasteiger charge is 2.11. The number of hydrogen-bond donors (Lipinski definition) is 2. The summed E-state index contributed by atoms with van der Waals surface area (Å²) < 4.78 is 0. The molecule has 80 valence electrons. The lowest BCUT2D eigenvalue weighted by atomic mass is 10.1. The van der Waals surface area contributed by atoms with E-state index in [9.17, 15) is 9.90 Å². The lowest BCUT2D eigenvalue weighted by molar-refractivity contribution is -0.114. The fraction of sp³-hybridized carbons (Fsp3) is 0.545. The molecular formula is C11H19NO2.